The van der Waals surface area contributed by atoms with Crippen LogP contribution in [0.15, 0.2) is 30.5 Å². The molecule has 1 aromatic carbocycles. The van der Waals surface area contributed by atoms with Crippen molar-refractivity contribution in [3.63, 3.8) is 0 Å². The highest BCUT2D eigenvalue weighted by Gasteiger charge is 2.19. The van der Waals surface area contributed by atoms with Gasteiger partial charge in [0, 0.05) is 31.0 Å². The average Bonchev–Trinajstić information content (AvgIpc) is 3.18. The third-order valence-electron chi connectivity index (χ3n) is 5.03. The summed E-state index contributed by atoms with van der Waals surface area (Å²) in [5.74, 6) is 0.906. The van der Waals surface area contributed by atoms with E-state index in [1.54, 1.807) is 43.2 Å². The van der Waals surface area contributed by atoms with Crippen LogP contribution in [0.1, 0.15) is 35.3 Å². The van der Waals surface area contributed by atoms with Gasteiger partial charge in [-0.25, -0.2) is 0 Å². The van der Waals surface area contributed by atoms with Crippen molar-refractivity contribution in [2.75, 3.05) is 40.4 Å². The summed E-state index contributed by atoms with van der Waals surface area (Å²) in [4.78, 5) is 15.2. The van der Waals surface area contributed by atoms with Crippen LogP contribution >= 0.6 is 0 Å². The SMILES string of the molecule is COc1ccc(-n2ccc(C#N)c2C(=O)NCCN2CCCCC2)cc1OC. The Morgan fingerprint density at radius 1 is 1.14 bits per heavy atom. The molecule has 0 spiro atoms. The summed E-state index contributed by atoms with van der Waals surface area (Å²) in [5, 5.41) is 12.4. The first-order valence-corrected chi connectivity index (χ1v) is 9.52. The molecule has 0 aliphatic carbocycles. The lowest BCUT2D eigenvalue weighted by molar-refractivity contribution is 0.0939. The van der Waals surface area contributed by atoms with Crippen molar-refractivity contribution in [3.8, 4) is 23.3 Å². The van der Waals surface area contributed by atoms with Crippen LogP contribution in [0.5, 0.6) is 11.5 Å². The zero-order valence-corrected chi connectivity index (χ0v) is 16.4. The first-order valence-electron chi connectivity index (χ1n) is 9.52. The number of likely N-dealkylation sites (tertiary alicyclic amines) is 1. The van der Waals surface area contributed by atoms with Crippen molar-refractivity contribution in [2.24, 2.45) is 0 Å². The molecule has 1 aromatic heterocycles. The van der Waals surface area contributed by atoms with E-state index in [4.69, 9.17) is 9.47 Å². The van der Waals surface area contributed by atoms with Crippen molar-refractivity contribution >= 4 is 5.91 Å². The number of hydrogen-bond donors (Lipinski definition) is 1. The fraction of sp³-hybridized carbons (Fsp3) is 0.429. The second kappa shape index (κ2) is 9.29. The summed E-state index contributed by atoms with van der Waals surface area (Å²) in [6, 6.07) is 9.14. The molecule has 148 valence electrons. The molecule has 0 unspecified atom stereocenters. The molecular formula is C21H26N4O3. The van der Waals surface area contributed by atoms with E-state index >= 15 is 0 Å². The molecule has 2 aromatic rings. The fourth-order valence-electron chi connectivity index (χ4n) is 3.54. The third kappa shape index (κ3) is 4.29. The molecule has 2 heterocycles. The zero-order valence-electron chi connectivity index (χ0n) is 16.4. The number of nitrogens with one attached hydrogen (secondary N) is 1. The average molecular weight is 382 g/mol. The van der Waals surface area contributed by atoms with E-state index in [1.165, 1.54) is 19.3 Å². The van der Waals surface area contributed by atoms with Crippen molar-refractivity contribution in [2.45, 2.75) is 19.3 Å². The molecule has 1 amide bonds. The standard InChI is InChI=1S/C21H26N4O3/c1-27-18-7-6-17(14-19(18)28-2)25-12-8-16(15-22)20(25)21(26)23-9-13-24-10-4-3-5-11-24/h6-8,12,14H,3-5,9-11,13H2,1-2H3,(H,23,26). The molecule has 1 fully saturated rings. The maximum Gasteiger partial charge on any atom is 0.269 e. The van der Waals surface area contributed by atoms with Gasteiger partial charge in [-0.05, 0) is 44.1 Å². The molecule has 3 rings (SSSR count). The molecule has 1 saturated heterocycles. The van der Waals surface area contributed by atoms with Gasteiger partial charge in [-0.3, -0.25) is 4.79 Å². The Kier molecular flexibility index (Phi) is 6.56. The van der Waals surface area contributed by atoms with Crippen molar-refractivity contribution in [1.82, 2.24) is 14.8 Å². The minimum atomic E-state index is -0.256. The Labute approximate surface area is 165 Å². The smallest absolute Gasteiger partial charge is 0.269 e. The minimum absolute atomic E-state index is 0.256. The van der Waals surface area contributed by atoms with Gasteiger partial charge in [0.2, 0.25) is 0 Å². The number of carbonyl (C=O) groups is 1. The Hall–Kier alpha value is -2.98. The maximum absolute atomic E-state index is 12.8. The summed E-state index contributed by atoms with van der Waals surface area (Å²) in [6.45, 7) is 3.55. The van der Waals surface area contributed by atoms with E-state index in [-0.39, 0.29) is 5.91 Å². The highest BCUT2D eigenvalue weighted by molar-refractivity contribution is 5.96. The molecule has 28 heavy (non-hydrogen) atoms. The number of aromatic nitrogens is 1. The van der Waals surface area contributed by atoms with Gasteiger partial charge in [-0.1, -0.05) is 6.42 Å². The number of nitrogens with zero attached hydrogens (tertiary/aromatic N) is 3. The number of piperidine rings is 1. The lowest BCUT2D eigenvalue weighted by atomic mass is 10.1. The summed E-state index contributed by atoms with van der Waals surface area (Å²) in [5.41, 5.74) is 1.39. The van der Waals surface area contributed by atoms with Crippen molar-refractivity contribution in [3.05, 3.63) is 41.7 Å². The number of carbonyl (C=O) groups excluding carboxylic acids is 1. The van der Waals surface area contributed by atoms with Gasteiger partial charge in [0.1, 0.15) is 11.8 Å². The van der Waals surface area contributed by atoms with Gasteiger partial charge < -0.3 is 24.3 Å². The molecule has 1 aliphatic heterocycles. The van der Waals surface area contributed by atoms with Gasteiger partial charge in [0.25, 0.3) is 5.91 Å². The van der Waals surface area contributed by atoms with Crippen LogP contribution < -0.4 is 14.8 Å². The van der Waals surface area contributed by atoms with Gasteiger partial charge >= 0.3 is 0 Å². The van der Waals surface area contributed by atoms with E-state index in [0.717, 1.165) is 25.3 Å². The van der Waals surface area contributed by atoms with E-state index < -0.39 is 0 Å². The molecule has 1 N–H and O–H groups in total. The zero-order chi connectivity index (χ0) is 19.9. The van der Waals surface area contributed by atoms with Crippen LogP contribution in [0, 0.1) is 11.3 Å². The van der Waals surface area contributed by atoms with Crippen LogP contribution in [-0.4, -0.2) is 55.8 Å². The molecule has 0 saturated carbocycles. The highest BCUT2D eigenvalue weighted by Crippen LogP contribution is 2.30. The second-order valence-electron chi connectivity index (χ2n) is 6.76. The maximum atomic E-state index is 12.8. The van der Waals surface area contributed by atoms with Crippen molar-refractivity contribution < 1.29 is 14.3 Å². The first-order chi connectivity index (χ1) is 13.7. The number of hydrogen-bond acceptors (Lipinski definition) is 5. The molecule has 0 bridgehead atoms. The number of ether oxygens (including phenoxy) is 2. The number of rotatable bonds is 7. The molecule has 0 radical (unpaired) electrons. The van der Waals surface area contributed by atoms with E-state index in [1.807, 2.05) is 6.07 Å². The Bertz CT molecular complexity index is 863. The Balaban J connectivity index is 1.78. The molecule has 1 aliphatic rings. The largest absolute Gasteiger partial charge is 0.493 e. The summed E-state index contributed by atoms with van der Waals surface area (Å²) in [6.07, 6.45) is 5.44. The van der Waals surface area contributed by atoms with Crippen LogP contribution in [0.4, 0.5) is 0 Å². The molecule has 7 heteroatoms. The quantitative estimate of drug-likeness (QED) is 0.796. The van der Waals surface area contributed by atoms with Crippen LogP contribution in [0.3, 0.4) is 0 Å². The van der Waals surface area contributed by atoms with Crippen LogP contribution in [0.2, 0.25) is 0 Å². The topological polar surface area (TPSA) is 79.5 Å². The number of amides is 1. The van der Waals surface area contributed by atoms with Crippen LogP contribution in [0.25, 0.3) is 5.69 Å². The highest BCUT2D eigenvalue weighted by atomic mass is 16.5. The molecule has 0 atom stereocenters. The second-order valence-corrected chi connectivity index (χ2v) is 6.76. The normalized spacial score (nSPS) is 14.3. The lowest BCUT2D eigenvalue weighted by Gasteiger charge is -2.26. The fourth-order valence-corrected chi connectivity index (χ4v) is 3.54. The number of methoxy groups -OCH3 is 2. The van der Waals surface area contributed by atoms with Gasteiger partial charge in [-0.15, -0.1) is 0 Å². The van der Waals surface area contributed by atoms with E-state index in [0.29, 0.717) is 29.3 Å². The number of benzene rings is 1. The third-order valence-corrected chi connectivity index (χ3v) is 5.03. The predicted molar refractivity (Wildman–Crippen MR) is 106 cm³/mol. The Morgan fingerprint density at radius 3 is 2.57 bits per heavy atom. The van der Waals surface area contributed by atoms with Crippen LogP contribution in [-0.2, 0) is 0 Å². The van der Waals surface area contributed by atoms with E-state index in [2.05, 4.69) is 16.3 Å². The van der Waals surface area contributed by atoms with Gasteiger partial charge in [0.05, 0.1) is 19.8 Å². The number of nitriles is 1. The summed E-state index contributed by atoms with van der Waals surface area (Å²) < 4.78 is 12.3. The minimum Gasteiger partial charge on any atom is -0.493 e. The molecule has 7 nitrogen and oxygen atoms in total. The predicted octanol–water partition coefficient (Wildman–Crippen LogP) is 2.58. The molecular weight excluding hydrogens is 356 g/mol. The van der Waals surface area contributed by atoms with Gasteiger partial charge in [0.15, 0.2) is 11.5 Å². The first kappa shape index (κ1) is 19.8. The summed E-state index contributed by atoms with van der Waals surface area (Å²) in [7, 11) is 3.13. The van der Waals surface area contributed by atoms with E-state index in [9.17, 15) is 10.1 Å². The van der Waals surface area contributed by atoms with Gasteiger partial charge in [-0.2, -0.15) is 5.26 Å². The lowest BCUT2D eigenvalue weighted by Crippen LogP contribution is -2.38. The monoisotopic (exact) mass is 382 g/mol. The summed E-state index contributed by atoms with van der Waals surface area (Å²) >= 11 is 0. The van der Waals surface area contributed by atoms with Crippen molar-refractivity contribution in [1.29, 1.82) is 5.26 Å². The Morgan fingerprint density at radius 2 is 1.89 bits per heavy atom.